The second-order valence-electron chi connectivity index (χ2n) is 6.52. The molecule has 0 unspecified atom stereocenters. The number of hydrogen-bond donors (Lipinski definition) is 3. The molecule has 5 nitrogen and oxygen atoms in total. The summed E-state index contributed by atoms with van der Waals surface area (Å²) >= 11 is 0. The summed E-state index contributed by atoms with van der Waals surface area (Å²) in [4.78, 5) is 24.8. The van der Waals surface area contributed by atoms with Crippen molar-refractivity contribution in [2.45, 2.75) is 64.5 Å². The van der Waals surface area contributed by atoms with Crippen LogP contribution in [0.5, 0.6) is 0 Å². The van der Waals surface area contributed by atoms with E-state index in [0.29, 0.717) is 24.1 Å². The number of benzene rings is 1. The van der Waals surface area contributed by atoms with Crippen molar-refractivity contribution >= 4 is 17.5 Å². The molecule has 0 radical (unpaired) electrons. The zero-order chi connectivity index (χ0) is 18.2. The largest absolute Gasteiger partial charge is 0.393 e. The molecular formula is C20H28N2O3. The van der Waals surface area contributed by atoms with Gasteiger partial charge in [-0.15, -0.1) is 0 Å². The minimum Gasteiger partial charge on any atom is -0.393 e. The molecule has 1 aliphatic carbocycles. The predicted molar refractivity (Wildman–Crippen MR) is 99.5 cm³/mol. The molecule has 25 heavy (non-hydrogen) atoms. The van der Waals surface area contributed by atoms with Crippen LogP contribution in [0.1, 0.15) is 62.7 Å². The fourth-order valence-electron chi connectivity index (χ4n) is 3.08. The number of para-hydroxylation sites is 1. The molecule has 136 valence electrons. The van der Waals surface area contributed by atoms with Crippen molar-refractivity contribution < 1.29 is 14.7 Å². The van der Waals surface area contributed by atoms with Gasteiger partial charge in [-0.05, 0) is 50.7 Å². The molecule has 2 amide bonds. The van der Waals surface area contributed by atoms with Crippen molar-refractivity contribution in [1.82, 2.24) is 5.32 Å². The zero-order valence-corrected chi connectivity index (χ0v) is 15.0. The Morgan fingerprint density at radius 1 is 1.12 bits per heavy atom. The number of anilines is 1. The first-order chi connectivity index (χ1) is 12.0. The van der Waals surface area contributed by atoms with E-state index in [-0.39, 0.29) is 24.0 Å². The van der Waals surface area contributed by atoms with Crippen molar-refractivity contribution in [3.8, 4) is 0 Å². The maximum Gasteiger partial charge on any atom is 0.253 e. The van der Waals surface area contributed by atoms with Gasteiger partial charge in [0.05, 0.1) is 17.4 Å². The van der Waals surface area contributed by atoms with Crippen LogP contribution in [0.25, 0.3) is 0 Å². The van der Waals surface area contributed by atoms with Crippen molar-refractivity contribution in [1.29, 1.82) is 0 Å². The topological polar surface area (TPSA) is 78.4 Å². The van der Waals surface area contributed by atoms with E-state index >= 15 is 0 Å². The Kier molecular flexibility index (Phi) is 7.19. The van der Waals surface area contributed by atoms with E-state index in [1.807, 2.05) is 13.8 Å². The third-order valence-corrected chi connectivity index (χ3v) is 4.70. The molecule has 0 bridgehead atoms. The minimum absolute atomic E-state index is 0.0753. The molecule has 0 atom stereocenters. The summed E-state index contributed by atoms with van der Waals surface area (Å²) in [6.07, 6.45) is 6.01. The lowest BCUT2D eigenvalue weighted by Gasteiger charge is -2.26. The highest BCUT2D eigenvalue weighted by atomic mass is 16.3. The lowest BCUT2D eigenvalue weighted by Crippen LogP contribution is -2.38. The average Bonchev–Trinajstić information content (AvgIpc) is 2.62. The Balaban J connectivity index is 2.05. The summed E-state index contributed by atoms with van der Waals surface area (Å²) in [7, 11) is 0. The Bertz CT molecular complexity index is 626. The summed E-state index contributed by atoms with van der Waals surface area (Å²) in [5, 5.41) is 15.4. The van der Waals surface area contributed by atoms with Crippen LogP contribution in [0.4, 0.5) is 5.69 Å². The fraction of sp³-hybridized carbons (Fsp3) is 0.500. The monoisotopic (exact) mass is 344 g/mol. The number of carbonyl (C=O) groups excluding carboxylic acids is 2. The minimum atomic E-state index is -0.252. The molecule has 0 heterocycles. The summed E-state index contributed by atoms with van der Waals surface area (Å²) in [6.45, 7) is 4.04. The van der Waals surface area contributed by atoms with Crippen LogP contribution in [0.15, 0.2) is 35.9 Å². The van der Waals surface area contributed by atoms with Crippen molar-refractivity contribution in [2.24, 2.45) is 0 Å². The van der Waals surface area contributed by atoms with Crippen LogP contribution in [0, 0.1) is 0 Å². The molecule has 0 aromatic heterocycles. The van der Waals surface area contributed by atoms with Crippen LogP contribution in [0.2, 0.25) is 0 Å². The summed E-state index contributed by atoms with van der Waals surface area (Å²) in [5.74, 6) is -0.396. The number of aliphatic hydroxyl groups excluding tert-OH is 1. The normalized spacial score (nSPS) is 19.8. The van der Waals surface area contributed by atoms with Crippen molar-refractivity contribution in [3.05, 3.63) is 41.5 Å². The Labute approximate surface area is 149 Å². The third-order valence-electron chi connectivity index (χ3n) is 4.70. The molecule has 1 aromatic carbocycles. The molecule has 2 rings (SSSR count). The zero-order valence-electron chi connectivity index (χ0n) is 15.0. The van der Waals surface area contributed by atoms with E-state index in [4.69, 9.17) is 0 Å². The smallest absolute Gasteiger partial charge is 0.253 e. The highest BCUT2D eigenvalue weighted by Crippen LogP contribution is 2.20. The van der Waals surface area contributed by atoms with Gasteiger partial charge in [-0.2, -0.15) is 0 Å². The van der Waals surface area contributed by atoms with Crippen molar-refractivity contribution in [3.63, 3.8) is 0 Å². The number of allylic oxidation sites excluding steroid dienone is 1. The molecule has 1 aliphatic rings. The molecule has 1 saturated carbocycles. The number of amides is 2. The van der Waals surface area contributed by atoms with Gasteiger partial charge in [0.15, 0.2) is 0 Å². The van der Waals surface area contributed by atoms with E-state index in [9.17, 15) is 14.7 Å². The van der Waals surface area contributed by atoms with E-state index in [1.165, 1.54) is 0 Å². The molecule has 5 heteroatoms. The highest BCUT2D eigenvalue weighted by molar-refractivity contribution is 6.06. The number of rotatable bonds is 6. The Hall–Kier alpha value is -2.14. The summed E-state index contributed by atoms with van der Waals surface area (Å²) < 4.78 is 0. The Morgan fingerprint density at radius 3 is 2.40 bits per heavy atom. The van der Waals surface area contributed by atoms with Crippen molar-refractivity contribution in [2.75, 3.05) is 5.32 Å². The van der Waals surface area contributed by atoms with Crippen LogP contribution < -0.4 is 10.6 Å². The van der Waals surface area contributed by atoms with E-state index < -0.39 is 0 Å². The standard InChI is InChI=1S/C20H28N2O3/c1-3-14(4-2)13-19(24)22-18-8-6-5-7-17(18)20(25)21-15-9-11-16(23)12-10-15/h5-8,13,15-16,23H,3-4,9-12H2,1-2H3,(H,21,25)(H,22,24). The third kappa shape index (κ3) is 5.71. The van der Waals surface area contributed by atoms with Gasteiger partial charge >= 0.3 is 0 Å². The number of nitrogens with one attached hydrogen (secondary N) is 2. The van der Waals surface area contributed by atoms with E-state index in [0.717, 1.165) is 31.3 Å². The molecule has 3 N–H and O–H groups in total. The first-order valence-electron chi connectivity index (χ1n) is 9.11. The van der Waals surface area contributed by atoms with Gasteiger partial charge in [0, 0.05) is 12.1 Å². The fourth-order valence-corrected chi connectivity index (χ4v) is 3.08. The van der Waals surface area contributed by atoms with Gasteiger partial charge in [-0.3, -0.25) is 9.59 Å². The SMILES string of the molecule is CCC(=CC(=O)Nc1ccccc1C(=O)NC1CCC(O)CC1)CC. The Morgan fingerprint density at radius 2 is 1.76 bits per heavy atom. The van der Waals surface area contributed by atoms with E-state index in [1.54, 1.807) is 30.3 Å². The van der Waals surface area contributed by atoms with Gasteiger partial charge < -0.3 is 15.7 Å². The van der Waals surface area contributed by atoms with Gasteiger partial charge in [0.2, 0.25) is 5.91 Å². The summed E-state index contributed by atoms with van der Waals surface area (Å²) in [6, 6.07) is 7.11. The molecular weight excluding hydrogens is 316 g/mol. The quantitative estimate of drug-likeness (QED) is 0.692. The first kappa shape index (κ1) is 19.2. The van der Waals surface area contributed by atoms with Crippen LogP contribution in [0.3, 0.4) is 0 Å². The molecule has 1 fully saturated rings. The second-order valence-corrected chi connectivity index (χ2v) is 6.52. The second kappa shape index (κ2) is 9.37. The van der Waals surface area contributed by atoms with Crippen LogP contribution >= 0.6 is 0 Å². The molecule has 0 aliphatic heterocycles. The molecule has 0 saturated heterocycles. The lowest BCUT2D eigenvalue weighted by atomic mass is 9.93. The maximum absolute atomic E-state index is 12.6. The summed E-state index contributed by atoms with van der Waals surface area (Å²) in [5.41, 5.74) is 2.05. The molecule has 0 spiro atoms. The molecule has 1 aromatic rings. The van der Waals surface area contributed by atoms with Gasteiger partial charge in [0.1, 0.15) is 0 Å². The lowest BCUT2D eigenvalue weighted by molar-refractivity contribution is -0.112. The maximum atomic E-state index is 12.6. The predicted octanol–water partition coefficient (Wildman–Crippen LogP) is 3.40. The van der Waals surface area contributed by atoms with E-state index in [2.05, 4.69) is 10.6 Å². The van der Waals surface area contributed by atoms with Crippen LogP contribution in [-0.4, -0.2) is 29.1 Å². The van der Waals surface area contributed by atoms with Gasteiger partial charge in [-0.25, -0.2) is 0 Å². The number of hydrogen-bond acceptors (Lipinski definition) is 3. The van der Waals surface area contributed by atoms with Gasteiger partial charge in [-0.1, -0.05) is 31.6 Å². The first-order valence-corrected chi connectivity index (χ1v) is 9.11. The van der Waals surface area contributed by atoms with Crippen LogP contribution in [-0.2, 0) is 4.79 Å². The number of carbonyl (C=O) groups is 2. The van der Waals surface area contributed by atoms with Gasteiger partial charge in [0.25, 0.3) is 5.91 Å². The highest BCUT2D eigenvalue weighted by Gasteiger charge is 2.22. The average molecular weight is 344 g/mol. The number of aliphatic hydroxyl groups is 1.